The highest BCUT2D eigenvalue weighted by Crippen LogP contribution is 2.27. The summed E-state index contributed by atoms with van der Waals surface area (Å²) < 4.78 is 0. The Hall–Kier alpha value is 0.190. The van der Waals surface area contributed by atoms with Gasteiger partial charge in [0.15, 0.2) is 0 Å². The van der Waals surface area contributed by atoms with Crippen molar-refractivity contribution in [3.05, 3.63) is 0 Å². The summed E-state index contributed by atoms with van der Waals surface area (Å²) in [5, 5.41) is 8.70. The molecule has 0 saturated heterocycles. The topological polar surface area (TPSA) is 23.8 Å². The number of hydrogen-bond donors (Lipinski definition) is 0. The molecule has 0 aliphatic carbocycles. The molecule has 0 aromatic carbocycles. The van der Waals surface area contributed by atoms with Gasteiger partial charge in [0.1, 0.15) is 5.25 Å². The minimum atomic E-state index is 0.153. The van der Waals surface area contributed by atoms with Crippen molar-refractivity contribution in [2.24, 2.45) is 5.92 Å². The molecule has 0 amide bonds. The van der Waals surface area contributed by atoms with Crippen molar-refractivity contribution in [2.45, 2.75) is 19.1 Å². The monoisotopic (exact) mass is 161 g/mol. The van der Waals surface area contributed by atoms with E-state index >= 15 is 0 Å². The lowest BCUT2D eigenvalue weighted by atomic mass is 10.1. The van der Waals surface area contributed by atoms with Gasteiger partial charge in [-0.2, -0.15) is 5.26 Å². The highest BCUT2D eigenvalue weighted by Gasteiger charge is 2.10. The molecule has 0 saturated carbocycles. The molecule has 0 aliphatic rings. The Morgan fingerprint density at radius 1 is 1.44 bits per heavy atom. The number of nitrogens with zero attached hydrogens (tertiary/aromatic N) is 1. The zero-order valence-electron chi connectivity index (χ0n) is 5.92. The van der Waals surface area contributed by atoms with Crippen LogP contribution < -0.4 is 0 Å². The van der Waals surface area contributed by atoms with Crippen LogP contribution in [0.3, 0.4) is 0 Å². The lowest BCUT2D eigenvalue weighted by Gasteiger charge is -2.08. The van der Waals surface area contributed by atoms with Crippen LogP contribution >= 0.6 is 21.6 Å². The van der Waals surface area contributed by atoms with Gasteiger partial charge in [-0.05, 0) is 12.2 Å². The first-order valence-electron chi connectivity index (χ1n) is 2.81. The van der Waals surface area contributed by atoms with Crippen LogP contribution in [0.4, 0.5) is 0 Å². The zero-order valence-corrected chi connectivity index (χ0v) is 7.55. The van der Waals surface area contributed by atoms with Crippen LogP contribution in [0.2, 0.25) is 0 Å². The van der Waals surface area contributed by atoms with Gasteiger partial charge < -0.3 is 0 Å². The standard InChI is InChI=1S/C6H11NS2/c1-5(2)6(4-7)9-8-3/h5-6H,1-3H3/t6-/m1/s1. The molecule has 0 aliphatic heterocycles. The molecule has 0 unspecified atom stereocenters. The maximum Gasteiger partial charge on any atom is 0.104 e. The third kappa shape index (κ3) is 3.72. The third-order valence-electron chi connectivity index (χ3n) is 0.933. The Labute approximate surface area is 64.6 Å². The lowest BCUT2D eigenvalue weighted by Crippen LogP contribution is -2.05. The summed E-state index contributed by atoms with van der Waals surface area (Å²) in [6.07, 6.45) is 2.00. The maximum absolute atomic E-state index is 8.54. The van der Waals surface area contributed by atoms with Crippen molar-refractivity contribution >= 4 is 21.6 Å². The van der Waals surface area contributed by atoms with Crippen molar-refractivity contribution in [1.82, 2.24) is 0 Å². The molecular formula is C6H11NS2. The van der Waals surface area contributed by atoms with E-state index < -0.39 is 0 Å². The molecule has 0 fully saturated rings. The summed E-state index contributed by atoms with van der Waals surface area (Å²) in [6, 6.07) is 2.24. The Kier molecular flexibility index (Phi) is 5.12. The molecule has 1 atom stereocenters. The normalized spacial score (nSPS) is 13.2. The first-order chi connectivity index (χ1) is 4.22. The van der Waals surface area contributed by atoms with Crippen molar-refractivity contribution < 1.29 is 0 Å². The van der Waals surface area contributed by atoms with Crippen molar-refractivity contribution in [2.75, 3.05) is 6.26 Å². The molecule has 9 heavy (non-hydrogen) atoms. The van der Waals surface area contributed by atoms with Gasteiger partial charge in [0, 0.05) is 0 Å². The van der Waals surface area contributed by atoms with Crippen LogP contribution in [0.25, 0.3) is 0 Å². The van der Waals surface area contributed by atoms with E-state index in [4.69, 9.17) is 5.26 Å². The van der Waals surface area contributed by atoms with E-state index in [1.54, 1.807) is 21.6 Å². The predicted octanol–water partition coefficient (Wildman–Crippen LogP) is 2.55. The van der Waals surface area contributed by atoms with Crippen molar-refractivity contribution in [3.8, 4) is 6.07 Å². The Balaban J connectivity index is 3.58. The van der Waals surface area contributed by atoms with E-state index in [0.29, 0.717) is 5.92 Å². The maximum atomic E-state index is 8.54. The minimum absolute atomic E-state index is 0.153. The lowest BCUT2D eigenvalue weighted by molar-refractivity contribution is 0.688. The molecule has 0 heterocycles. The van der Waals surface area contributed by atoms with Crippen LogP contribution in [-0.4, -0.2) is 11.5 Å². The van der Waals surface area contributed by atoms with Gasteiger partial charge >= 0.3 is 0 Å². The van der Waals surface area contributed by atoms with E-state index in [1.807, 2.05) is 6.26 Å². The van der Waals surface area contributed by atoms with E-state index in [9.17, 15) is 0 Å². The molecule has 0 aromatic rings. The Morgan fingerprint density at radius 3 is 2.11 bits per heavy atom. The molecular weight excluding hydrogens is 150 g/mol. The van der Waals surface area contributed by atoms with E-state index in [0.717, 1.165) is 0 Å². The average Bonchev–Trinajstić information content (AvgIpc) is 1.82. The summed E-state index contributed by atoms with van der Waals surface area (Å²) >= 11 is 0. The van der Waals surface area contributed by atoms with Gasteiger partial charge in [-0.15, -0.1) is 0 Å². The van der Waals surface area contributed by atoms with Gasteiger partial charge in [0.2, 0.25) is 0 Å². The average molecular weight is 161 g/mol. The second kappa shape index (κ2) is 5.01. The zero-order chi connectivity index (χ0) is 7.28. The van der Waals surface area contributed by atoms with Gasteiger partial charge in [-0.1, -0.05) is 35.4 Å². The molecule has 52 valence electrons. The summed E-state index contributed by atoms with van der Waals surface area (Å²) in [6.45, 7) is 4.13. The number of nitriles is 1. The summed E-state index contributed by atoms with van der Waals surface area (Å²) in [4.78, 5) is 0. The predicted molar refractivity (Wildman–Crippen MR) is 45.3 cm³/mol. The van der Waals surface area contributed by atoms with Gasteiger partial charge in [0.25, 0.3) is 0 Å². The second-order valence-electron chi connectivity index (χ2n) is 2.06. The molecule has 1 nitrogen and oxygen atoms in total. The van der Waals surface area contributed by atoms with E-state index in [2.05, 4.69) is 19.9 Å². The minimum Gasteiger partial charge on any atom is -0.197 e. The highest BCUT2D eigenvalue weighted by molar-refractivity contribution is 8.76. The second-order valence-corrected chi connectivity index (χ2v) is 4.67. The van der Waals surface area contributed by atoms with E-state index in [1.165, 1.54) is 0 Å². The fraction of sp³-hybridized carbons (Fsp3) is 0.833. The highest BCUT2D eigenvalue weighted by atomic mass is 33.1. The fourth-order valence-corrected chi connectivity index (χ4v) is 2.28. The Bertz CT molecular complexity index is 106. The Morgan fingerprint density at radius 2 is 2.00 bits per heavy atom. The molecule has 0 spiro atoms. The molecule has 0 N–H and O–H groups in total. The van der Waals surface area contributed by atoms with Gasteiger partial charge in [0.05, 0.1) is 6.07 Å². The van der Waals surface area contributed by atoms with Gasteiger partial charge in [-0.25, -0.2) is 0 Å². The van der Waals surface area contributed by atoms with Crippen LogP contribution in [-0.2, 0) is 0 Å². The summed E-state index contributed by atoms with van der Waals surface area (Å²) in [5.41, 5.74) is 0. The van der Waals surface area contributed by atoms with Crippen molar-refractivity contribution in [1.29, 1.82) is 5.26 Å². The van der Waals surface area contributed by atoms with Crippen LogP contribution in [0.1, 0.15) is 13.8 Å². The molecule has 0 bridgehead atoms. The molecule has 0 radical (unpaired) electrons. The SMILES string of the molecule is CSS[C@H](C#N)C(C)C. The first kappa shape index (κ1) is 9.19. The first-order valence-corrected chi connectivity index (χ1v) is 5.43. The summed E-state index contributed by atoms with van der Waals surface area (Å²) in [7, 11) is 3.30. The quantitative estimate of drug-likeness (QED) is 0.594. The van der Waals surface area contributed by atoms with Crippen LogP contribution in [0, 0.1) is 17.2 Å². The van der Waals surface area contributed by atoms with Gasteiger partial charge in [-0.3, -0.25) is 0 Å². The smallest absolute Gasteiger partial charge is 0.104 e. The van der Waals surface area contributed by atoms with Crippen LogP contribution in [0.5, 0.6) is 0 Å². The van der Waals surface area contributed by atoms with Crippen LogP contribution in [0.15, 0.2) is 0 Å². The summed E-state index contributed by atoms with van der Waals surface area (Å²) in [5.74, 6) is 0.465. The number of rotatable bonds is 3. The largest absolute Gasteiger partial charge is 0.197 e. The molecule has 0 aromatic heterocycles. The molecule has 3 heteroatoms. The van der Waals surface area contributed by atoms with Crippen molar-refractivity contribution in [3.63, 3.8) is 0 Å². The number of hydrogen-bond acceptors (Lipinski definition) is 3. The molecule has 0 rings (SSSR count). The van der Waals surface area contributed by atoms with E-state index in [-0.39, 0.29) is 5.25 Å². The fourth-order valence-electron chi connectivity index (χ4n) is 0.385. The third-order valence-corrected chi connectivity index (χ3v) is 3.18.